The minimum absolute atomic E-state index is 0.00300. The summed E-state index contributed by atoms with van der Waals surface area (Å²) < 4.78 is 20.0. The van der Waals surface area contributed by atoms with Crippen molar-refractivity contribution in [2.24, 2.45) is 0 Å². The molecular weight excluding hydrogens is 324 g/mol. The van der Waals surface area contributed by atoms with Crippen LogP contribution in [0.5, 0.6) is 5.75 Å². The first kappa shape index (κ1) is 15.6. The van der Waals surface area contributed by atoms with Gasteiger partial charge in [-0.05, 0) is 30.8 Å². The molecule has 0 spiro atoms. The summed E-state index contributed by atoms with van der Waals surface area (Å²) in [4.78, 5) is 0. The molecule has 0 saturated heterocycles. The summed E-state index contributed by atoms with van der Waals surface area (Å²) in [7, 11) is 0. The van der Waals surface area contributed by atoms with Crippen molar-refractivity contribution in [3.05, 3.63) is 51.8 Å². The van der Waals surface area contributed by atoms with E-state index in [0.717, 1.165) is 18.7 Å². The van der Waals surface area contributed by atoms with E-state index in [4.69, 9.17) is 27.9 Å². The fraction of sp³-hybridized carbons (Fsp3) is 0.294. The Balaban J connectivity index is 2.05. The van der Waals surface area contributed by atoms with Crippen LogP contribution in [0.3, 0.4) is 0 Å². The molecule has 5 heteroatoms. The molecule has 1 heterocycles. The number of nitrogens with one attached hydrogen (secondary N) is 1. The lowest BCUT2D eigenvalue weighted by molar-refractivity contribution is 0.229. The van der Waals surface area contributed by atoms with Gasteiger partial charge in [0.15, 0.2) is 0 Å². The second-order valence-corrected chi connectivity index (χ2v) is 6.10. The second-order valence-electron chi connectivity index (χ2n) is 5.29. The van der Waals surface area contributed by atoms with Gasteiger partial charge in [0.1, 0.15) is 17.7 Å². The first-order chi connectivity index (χ1) is 10.6. The van der Waals surface area contributed by atoms with Gasteiger partial charge < -0.3 is 10.1 Å². The molecule has 1 N–H and O–H groups in total. The zero-order chi connectivity index (χ0) is 15.7. The molecule has 0 fully saturated rings. The topological polar surface area (TPSA) is 21.3 Å². The van der Waals surface area contributed by atoms with Crippen LogP contribution in [-0.4, -0.2) is 19.2 Å². The molecule has 22 heavy (non-hydrogen) atoms. The molecule has 0 saturated carbocycles. The minimum Gasteiger partial charge on any atom is -0.488 e. The molecule has 0 aromatic heterocycles. The largest absolute Gasteiger partial charge is 0.488 e. The maximum atomic E-state index is 14.0. The van der Waals surface area contributed by atoms with Crippen LogP contribution in [0.25, 0.3) is 11.1 Å². The minimum atomic E-state index is -0.308. The van der Waals surface area contributed by atoms with E-state index in [9.17, 15) is 4.39 Å². The van der Waals surface area contributed by atoms with Gasteiger partial charge in [-0.25, -0.2) is 4.39 Å². The Morgan fingerprint density at radius 2 is 2.00 bits per heavy atom. The van der Waals surface area contributed by atoms with E-state index < -0.39 is 0 Å². The van der Waals surface area contributed by atoms with Gasteiger partial charge in [-0.15, -0.1) is 0 Å². The molecule has 0 radical (unpaired) electrons. The SMILES string of the molecule is CCNC[C@H]1Cc2cc(F)cc(-c3c(Cl)cccc3Cl)c2O1. The third kappa shape index (κ3) is 2.94. The molecule has 0 bridgehead atoms. The Labute approximate surface area is 139 Å². The lowest BCUT2D eigenvalue weighted by atomic mass is 10.00. The molecule has 1 aliphatic heterocycles. The Morgan fingerprint density at radius 1 is 1.27 bits per heavy atom. The molecule has 0 amide bonds. The van der Waals surface area contributed by atoms with E-state index in [1.54, 1.807) is 18.2 Å². The Morgan fingerprint density at radius 3 is 2.68 bits per heavy atom. The summed E-state index contributed by atoms with van der Waals surface area (Å²) in [6.07, 6.45) is 0.673. The maximum absolute atomic E-state index is 14.0. The summed E-state index contributed by atoms with van der Waals surface area (Å²) in [6.45, 7) is 3.63. The molecule has 2 aromatic rings. The molecule has 0 aliphatic carbocycles. The first-order valence-electron chi connectivity index (χ1n) is 7.24. The molecule has 2 aromatic carbocycles. The van der Waals surface area contributed by atoms with Crippen molar-refractivity contribution in [3.8, 4) is 16.9 Å². The summed E-state index contributed by atoms with van der Waals surface area (Å²) in [6, 6.07) is 8.20. The van der Waals surface area contributed by atoms with E-state index in [2.05, 4.69) is 5.32 Å². The van der Waals surface area contributed by atoms with Crippen LogP contribution in [0.2, 0.25) is 10.0 Å². The van der Waals surface area contributed by atoms with Crippen molar-refractivity contribution < 1.29 is 9.13 Å². The summed E-state index contributed by atoms with van der Waals surface area (Å²) in [5.41, 5.74) is 2.09. The van der Waals surface area contributed by atoms with Gasteiger partial charge in [0.2, 0.25) is 0 Å². The Kier molecular flexibility index (Phi) is 4.57. The number of hydrogen-bond donors (Lipinski definition) is 1. The molecular formula is C17H16Cl2FNO. The maximum Gasteiger partial charge on any atom is 0.131 e. The number of hydrogen-bond acceptors (Lipinski definition) is 2. The van der Waals surface area contributed by atoms with Crippen molar-refractivity contribution in [1.29, 1.82) is 0 Å². The van der Waals surface area contributed by atoms with Gasteiger partial charge >= 0.3 is 0 Å². The van der Waals surface area contributed by atoms with Gasteiger partial charge in [-0.1, -0.05) is 36.2 Å². The predicted molar refractivity (Wildman–Crippen MR) is 88.5 cm³/mol. The number of ether oxygens (including phenoxy) is 1. The molecule has 1 atom stereocenters. The number of likely N-dealkylation sites (N-methyl/N-ethyl adjacent to an activating group) is 1. The number of benzene rings is 2. The average molecular weight is 340 g/mol. The lowest BCUT2D eigenvalue weighted by Gasteiger charge is -2.14. The molecule has 3 rings (SSSR count). The van der Waals surface area contributed by atoms with Crippen molar-refractivity contribution in [3.63, 3.8) is 0 Å². The van der Waals surface area contributed by atoms with Crippen molar-refractivity contribution in [1.82, 2.24) is 5.32 Å². The van der Waals surface area contributed by atoms with Gasteiger partial charge in [0.25, 0.3) is 0 Å². The van der Waals surface area contributed by atoms with Crippen LogP contribution in [0.15, 0.2) is 30.3 Å². The first-order valence-corrected chi connectivity index (χ1v) is 8.00. The zero-order valence-electron chi connectivity index (χ0n) is 12.1. The van der Waals surface area contributed by atoms with Crippen LogP contribution in [0.1, 0.15) is 12.5 Å². The van der Waals surface area contributed by atoms with Gasteiger partial charge in [-0.3, -0.25) is 0 Å². The van der Waals surface area contributed by atoms with Gasteiger partial charge in [0, 0.05) is 29.7 Å². The van der Waals surface area contributed by atoms with Gasteiger partial charge in [-0.2, -0.15) is 0 Å². The highest BCUT2D eigenvalue weighted by Gasteiger charge is 2.28. The van der Waals surface area contributed by atoms with Crippen LogP contribution < -0.4 is 10.1 Å². The van der Waals surface area contributed by atoms with Crippen LogP contribution in [-0.2, 0) is 6.42 Å². The van der Waals surface area contributed by atoms with Gasteiger partial charge in [0.05, 0.1) is 10.0 Å². The third-order valence-electron chi connectivity index (χ3n) is 3.72. The zero-order valence-corrected chi connectivity index (χ0v) is 13.6. The van der Waals surface area contributed by atoms with E-state index in [-0.39, 0.29) is 11.9 Å². The fourth-order valence-electron chi connectivity index (χ4n) is 2.75. The molecule has 0 unspecified atom stereocenters. The van der Waals surface area contributed by atoms with E-state index in [1.165, 1.54) is 12.1 Å². The monoisotopic (exact) mass is 339 g/mol. The summed E-state index contributed by atoms with van der Waals surface area (Å²) in [5.74, 6) is 0.372. The smallest absolute Gasteiger partial charge is 0.131 e. The third-order valence-corrected chi connectivity index (χ3v) is 4.35. The highest BCUT2D eigenvalue weighted by molar-refractivity contribution is 6.39. The van der Waals surface area contributed by atoms with Crippen LogP contribution >= 0.6 is 23.2 Å². The van der Waals surface area contributed by atoms with Crippen molar-refractivity contribution >= 4 is 23.2 Å². The van der Waals surface area contributed by atoms with E-state index in [1.807, 2.05) is 6.92 Å². The highest BCUT2D eigenvalue weighted by atomic mass is 35.5. The Bertz CT molecular complexity index is 685. The quantitative estimate of drug-likeness (QED) is 0.870. The standard InChI is InChI=1S/C17H16Cl2FNO/c1-2-21-9-12-7-10-6-11(20)8-13(17(10)22-12)16-14(18)4-3-5-15(16)19/h3-6,8,12,21H,2,7,9H2,1H3/t12-/m1/s1. The number of fused-ring (bicyclic) bond motifs is 1. The number of halogens is 3. The molecule has 116 valence electrons. The molecule has 1 aliphatic rings. The fourth-order valence-corrected chi connectivity index (χ4v) is 3.36. The molecule has 2 nitrogen and oxygen atoms in total. The second kappa shape index (κ2) is 6.45. The van der Waals surface area contributed by atoms with Crippen molar-refractivity contribution in [2.75, 3.05) is 13.1 Å². The summed E-state index contributed by atoms with van der Waals surface area (Å²) >= 11 is 12.5. The normalized spacial score (nSPS) is 16.5. The van der Waals surface area contributed by atoms with Crippen LogP contribution in [0, 0.1) is 5.82 Å². The lowest BCUT2D eigenvalue weighted by Crippen LogP contribution is -2.29. The van der Waals surface area contributed by atoms with Crippen LogP contribution in [0.4, 0.5) is 4.39 Å². The van der Waals surface area contributed by atoms with Crippen molar-refractivity contribution in [2.45, 2.75) is 19.4 Å². The average Bonchev–Trinajstić information content (AvgIpc) is 2.87. The van der Waals surface area contributed by atoms with E-state index >= 15 is 0 Å². The summed E-state index contributed by atoms with van der Waals surface area (Å²) in [5, 5.41) is 4.22. The van der Waals surface area contributed by atoms with E-state index in [0.29, 0.717) is 33.3 Å². The number of rotatable bonds is 4. The Hall–Kier alpha value is -1.29. The predicted octanol–water partition coefficient (Wildman–Crippen LogP) is 4.71. The highest BCUT2D eigenvalue weighted by Crippen LogP contribution is 2.44.